The predicted molar refractivity (Wildman–Crippen MR) is 156 cm³/mol. The van der Waals surface area contributed by atoms with Gasteiger partial charge in [0.1, 0.15) is 17.4 Å². The third-order valence-electron chi connectivity index (χ3n) is 9.18. The number of unbranched alkanes of at least 4 members (excludes halogenated alkanes) is 1. The molecule has 3 aliphatic heterocycles. The Morgan fingerprint density at radius 2 is 1.73 bits per heavy atom. The number of hydrogen-bond acceptors (Lipinski definition) is 6. The molecule has 2 unspecified atom stereocenters. The maximum absolute atomic E-state index is 14.2. The van der Waals surface area contributed by atoms with Gasteiger partial charge in [-0.25, -0.2) is 0 Å². The maximum atomic E-state index is 14.2. The van der Waals surface area contributed by atoms with Gasteiger partial charge < -0.3 is 30.1 Å². The summed E-state index contributed by atoms with van der Waals surface area (Å²) in [5, 5.41) is 15.5. The molecule has 3 N–H and O–H groups in total. The molecule has 41 heavy (non-hydrogen) atoms. The lowest BCUT2D eigenvalue weighted by atomic mass is 9.65. The first-order chi connectivity index (χ1) is 19.7. The van der Waals surface area contributed by atoms with Crippen LogP contribution in [0.5, 0.6) is 5.75 Å². The van der Waals surface area contributed by atoms with E-state index in [2.05, 4.69) is 10.6 Å². The number of nitrogens with zero attached hydrogens (tertiary/aromatic N) is 1. The monoisotopic (exact) mass is 563 g/mol. The fourth-order valence-electron chi connectivity index (χ4n) is 7.28. The maximum Gasteiger partial charge on any atom is 0.250 e. The van der Waals surface area contributed by atoms with Crippen LogP contribution in [-0.4, -0.2) is 64.7 Å². The van der Waals surface area contributed by atoms with Gasteiger partial charge in [0.2, 0.25) is 17.7 Å². The Balaban J connectivity index is 1.49. The summed E-state index contributed by atoms with van der Waals surface area (Å²) in [7, 11) is 0. The Labute approximate surface area is 241 Å². The number of aryl methyl sites for hydroxylation is 2. The van der Waals surface area contributed by atoms with Crippen molar-refractivity contribution in [2.75, 3.05) is 30.4 Å². The standard InChI is InChI=1S/C32H41N3O6/c1-5-31-16-17-32(41-31)25(24(31)28(37)33-22-12-14-23(15-13-22)40-6-2)30(39)35(18-7-8-19-36)27(32)29(38)34-26-20(3)10-9-11-21(26)4/h9-15,24-25,27,36H,5-8,16-19H2,1-4H3,(H,33,37)(H,34,38)/t24-,25+,27?,31+,32?/m1/s1. The van der Waals surface area contributed by atoms with Crippen LogP contribution < -0.4 is 15.4 Å². The summed E-state index contributed by atoms with van der Waals surface area (Å²) in [6.07, 6.45) is 2.71. The zero-order valence-corrected chi connectivity index (χ0v) is 24.4. The normalized spacial score (nSPS) is 28.1. The lowest BCUT2D eigenvalue weighted by Gasteiger charge is -2.34. The van der Waals surface area contributed by atoms with E-state index in [1.165, 1.54) is 0 Å². The summed E-state index contributed by atoms with van der Waals surface area (Å²) < 4.78 is 12.3. The molecule has 2 aromatic carbocycles. The molecule has 2 aromatic rings. The van der Waals surface area contributed by atoms with Crippen molar-refractivity contribution < 1.29 is 29.0 Å². The van der Waals surface area contributed by atoms with Crippen LogP contribution in [0.15, 0.2) is 42.5 Å². The topological polar surface area (TPSA) is 117 Å². The lowest BCUT2D eigenvalue weighted by Crippen LogP contribution is -2.53. The van der Waals surface area contributed by atoms with Crippen molar-refractivity contribution in [2.45, 2.75) is 77.0 Å². The minimum Gasteiger partial charge on any atom is -0.494 e. The van der Waals surface area contributed by atoms with Gasteiger partial charge in [0, 0.05) is 24.5 Å². The number of aliphatic hydroxyl groups excluding tert-OH is 1. The molecular formula is C32H41N3O6. The van der Waals surface area contributed by atoms with Gasteiger partial charge in [-0.15, -0.1) is 0 Å². The van der Waals surface area contributed by atoms with E-state index >= 15 is 0 Å². The van der Waals surface area contributed by atoms with Gasteiger partial charge in [-0.05, 0) is 88.3 Å². The molecule has 9 heteroatoms. The molecule has 5 rings (SSSR count). The molecule has 3 fully saturated rings. The number of likely N-dealkylation sites (tertiary alicyclic amines) is 1. The number of nitrogens with one attached hydrogen (secondary N) is 2. The molecule has 3 aliphatic rings. The minimum atomic E-state index is -1.10. The molecule has 3 amide bonds. The van der Waals surface area contributed by atoms with E-state index in [1.807, 2.05) is 45.9 Å². The molecule has 220 valence electrons. The summed E-state index contributed by atoms with van der Waals surface area (Å²) in [5.74, 6) is -1.62. The van der Waals surface area contributed by atoms with Crippen LogP contribution in [0.25, 0.3) is 0 Å². The molecule has 3 saturated heterocycles. The van der Waals surface area contributed by atoms with Crippen LogP contribution in [0.1, 0.15) is 57.1 Å². The van der Waals surface area contributed by atoms with Crippen molar-refractivity contribution in [3.63, 3.8) is 0 Å². The van der Waals surface area contributed by atoms with E-state index in [-0.39, 0.29) is 24.3 Å². The Kier molecular flexibility index (Phi) is 8.12. The third-order valence-corrected chi connectivity index (χ3v) is 9.18. The molecule has 1 spiro atoms. The van der Waals surface area contributed by atoms with Gasteiger partial charge in [-0.1, -0.05) is 25.1 Å². The second-order valence-corrected chi connectivity index (χ2v) is 11.5. The van der Waals surface area contributed by atoms with E-state index in [0.717, 1.165) is 16.8 Å². The SMILES string of the molecule is CCOc1ccc(NC(=O)[C@H]2[C@H]3C(=O)N(CCCCO)C(C(=O)Nc4c(C)cccc4C)C34CC[C@]2(CC)O4)cc1. The summed E-state index contributed by atoms with van der Waals surface area (Å²) in [6.45, 7) is 8.61. The number of para-hydroxylation sites is 1. The highest BCUT2D eigenvalue weighted by Crippen LogP contribution is 2.64. The lowest BCUT2D eigenvalue weighted by molar-refractivity contribution is -0.144. The summed E-state index contributed by atoms with van der Waals surface area (Å²) in [5.41, 5.74) is 1.26. The molecule has 0 saturated carbocycles. The number of rotatable bonds is 11. The quantitative estimate of drug-likeness (QED) is 0.353. The van der Waals surface area contributed by atoms with Gasteiger partial charge in [0.15, 0.2) is 0 Å². The van der Waals surface area contributed by atoms with Gasteiger partial charge in [0.25, 0.3) is 0 Å². The Morgan fingerprint density at radius 1 is 1.02 bits per heavy atom. The number of aliphatic hydroxyl groups is 1. The van der Waals surface area contributed by atoms with Crippen LogP contribution in [0.4, 0.5) is 11.4 Å². The average molecular weight is 564 g/mol. The van der Waals surface area contributed by atoms with Crippen LogP contribution in [-0.2, 0) is 19.1 Å². The molecule has 0 radical (unpaired) electrons. The summed E-state index contributed by atoms with van der Waals surface area (Å²) >= 11 is 0. The number of carbonyl (C=O) groups is 3. The molecule has 2 bridgehead atoms. The summed E-state index contributed by atoms with van der Waals surface area (Å²) in [6, 6.07) is 12.1. The number of amides is 3. The second-order valence-electron chi connectivity index (χ2n) is 11.5. The van der Waals surface area contributed by atoms with Gasteiger partial charge >= 0.3 is 0 Å². The molecule has 0 aliphatic carbocycles. The third kappa shape index (κ3) is 4.89. The number of hydrogen-bond donors (Lipinski definition) is 3. The van der Waals surface area contributed by atoms with Crippen molar-refractivity contribution in [3.8, 4) is 5.75 Å². The van der Waals surface area contributed by atoms with E-state index in [9.17, 15) is 19.5 Å². The Bertz CT molecular complexity index is 1290. The second kappa shape index (κ2) is 11.4. The minimum absolute atomic E-state index is 0.00156. The largest absolute Gasteiger partial charge is 0.494 e. The van der Waals surface area contributed by atoms with Crippen molar-refractivity contribution in [2.24, 2.45) is 11.8 Å². The van der Waals surface area contributed by atoms with E-state index in [1.54, 1.807) is 29.2 Å². The highest BCUT2D eigenvalue weighted by atomic mass is 16.5. The number of benzene rings is 2. The average Bonchev–Trinajstić information content (AvgIpc) is 3.56. The van der Waals surface area contributed by atoms with Crippen molar-refractivity contribution in [1.82, 2.24) is 4.90 Å². The van der Waals surface area contributed by atoms with Crippen LogP contribution in [0.2, 0.25) is 0 Å². The van der Waals surface area contributed by atoms with E-state index < -0.39 is 29.1 Å². The first-order valence-electron chi connectivity index (χ1n) is 14.7. The van der Waals surface area contributed by atoms with Gasteiger partial charge in [-0.3, -0.25) is 14.4 Å². The van der Waals surface area contributed by atoms with Gasteiger partial charge in [0.05, 0.1) is 24.0 Å². The number of ether oxygens (including phenoxy) is 2. The van der Waals surface area contributed by atoms with Crippen LogP contribution in [0, 0.1) is 25.7 Å². The van der Waals surface area contributed by atoms with Crippen molar-refractivity contribution in [3.05, 3.63) is 53.6 Å². The highest BCUT2D eigenvalue weighted by molar-refractivity contribution is 6.05. The number of carbonyl (C=O) groups excluding carboxylic acids is 3. The fraction of sp³-hybridized carbons (Fsp3) is 0.531. The zero-order chi connectivity index (χ0) is 29.4. The first kappa shape index (κ1) is 29.1. The highest BCUT2D eigenvalue weighted by Gasteiger charge is 2.78. The Hall–Kier alpha value is -3.43. The fourth-order valence-corrected chi connectivity index (χ4v) is 7.28. The molecule has 0 aromatic heterocycles. The number of fused-ring (bicyclic) bond motifs is 1. The Morgan fingerprint density at radius 3 is 2.37 bits per heavy atom. The van der Waals surface area contributed by atoms with Crippen molar-refractivity contribution in [1.29, 1.82) is 0 Å². The predicted octanol–water partition coefficient (Wildman–Crippen LogP) is 4.21. The van der Waals surface area contributed by atoms with Crippen LogP contribution >= 0.6 is 0 Å². The zero-order valence-electron chi connectivity index (χ0n) is 24.4. The summed E-state index contributed by atoms with van der Waals surface area (Å²) in [4.78, 5) is 43.9. The smallest absolute Gasteiger partial charge is 0.250 e. The van der Waals surface area contributed by atoms with Gasteiger partial charge in [-0.2, -0.15) is 0 Å². The van der Waals surface area contributed by atoms with E-state index in [0.29, 0.717) is 56.7 Å². The van der Waals surface area contributed by atoms with Crippen LogP contribution in [0.3, 0.4) is 0 Å². The first-order valence-corrected chi connectivity index (χ1v) is 14.7. The molecule has 9 nitrogen and oxygen atoms in total. The molecular weight excluding hydrogens is 522 g/mol. The number of anilines is 2. The van der Waals surface area contributed by atoms with E-state index in [4.69, 9.17) is 9.47 Å². The van der Waals surface area contributed by atoms with Crippen molar-refractivity contribution >= 4 is 29.1 Å². The molecule has 3 heterocycles. The molecule has 5 atom stereocenters.